The Morgan fingerprint density at radius 3 is 2.00 bits per heavy atom. The predicted molar refractivity (Wildman–Crippen MR) is 46.1 cm³/mol. The molecule has 0 rings (SSSR count). The summed E-state index contributed by atoms with van der Waals surface area (Å²) < 4.78 is 0. The van der Waals surface area contributed by atoms with Crippen LogP contribution in [-0.4, -0.2) is 31.4 Å². The molecule has 0 bridgehead atoms. The summed E-state index contributed by atoms with van der Waals surface area (Å²) in [6.07, 6.45) is 0. The summed E-state index contributed by atoms with van der Waals surface area (Å²) in [7, 11) is 3.51. The van der Waals surface area contributed by atoms with Crippen LogP contribution in [-0.2, 0) is 4.79 Å². The third-order valence-electron chi connectivity index (χ3n) is 1.82. The Labute approximate surface area is 68.6 Å². The minimum Gasteiger partial charge on any atom is -0.349 e. The van der Waals surface area contributed by atoms with E-state index in [2.05, 4.69) is 0 Å². The molecule has 1 atom stereocenters. The summed E-state index contributed by atoms with van der Waals surface area (Å²) in [6.45, 7) is 4.46. The second-order valence-corrected chi connectivity index (χ2v) is 3.32. The zero-order valence-electron chi connectivity index (χ0n) is 7.79. The van der Waals surface area contributed by atoms with Gasteiger partial charge in [0.2, 0.25) is 5.91 Å². The fraction of sp³-hybridized carbons (Fsp3) is 0.875. The van der Waals surface area contributed by atoms with E-state index < -0.39 is 0 Å². The van der Waals surface area contributed by atoms with E-state index in [1.807, 2.05) is 13.8 Å². The Bertz CT molecular complexity index is 132. The Balaban J connectivity index is 4.15. The largest absolute Gasteiger partial charge is 0.349 e. The number of hydrogen-bond donors (Lipinski definition) is 1. The van der Waals surface area contributed by atoms with Crippen LogP contribution < -0.4 is 5.73 Å². The molecule has 0 heterocycles. The third kappa shape index (κ3) is 2.89. The molecule has 2 N–H and O–H groups in total. The molecule has 0 aliphatic heterocycles. The number of nitrogens with two attached hydrogens (primary N) is 1. The Hall–Kier alpha value is -0.570. The van der Waals surface area contributed by atoms with E-state index in [0.29, 0.717) is 12.5 Å². The SMILES string of the molecule is CC(C)C(CN)C(=O)N(C)C. The van der Waals surface area contributed by atoms with E-state index >= 15 is 0 Å². The summed E-state index contributed by atoms with van der Waals surface area (Å²) in [5, 5.41) is 0. The first-order valence-electron chi connectivity index (χ1n) is 3.92. The number of amides is 1. The summed E-state index contributed by atoms with van der Waals surface area (Å²) in [6, 6.07) is 0. The first-order chi connectivity index (χ1) is 5.00. The number of hydrogen-bond acceptors (Lipinski definition) is 2. The smallest absolute Gasteiger partial charge is 0.226 e. The monoisotopic (exact) mass is 158 g/mol. The standard InChI is InChI=1S/C8H18N2O/c1-6(2)7(5-9)8(11)10(3)4/h6-7H,5,9H2,1-4H3. The van der Waals surface area contributed by atoms with Crippen LogP contribution in [0, 0.1) is 11.8 Å². The van der Waals surface area contributed by atoms with Gasteiger partial charge in [-0.05, 0) is 5.92 Å². The van der Waals surface area contributed by atoms with Crippen molar-refractivity contribution in [2.45, 2.75) is 13.8 Å². The van der Waals surface area contributed by atoms with E-state index in [0.717, 1.165) is 0 Å². The van der Waals surface area contributed by atoms with Crippen molar-refractivity contribution < 1.29 is 4.79 Å². The topological polar surface area (TPSA) is 46.3 Å². The zero-order valence-corrected chi connectivity index (χ0v) is 7.79. The van der Waals surface area contributed by atoms with Crippen LogP contribution in [0.4, 0.5) is 0 Å². The first kappa shape index (κ1) is 10.4. The normalized spacial score (nSPS) is 13.3. The van der Waals surface area contributed by atoms with Crippen LogP contribution in [0.3, 0.4) is 0 Å². The van der Waals surface area contributed by atoms with Crippen molar-refractivity contribution in [1.29, 1.82) is 0 Å². The lowest BCUT2D eigenvalue weighted by Crippen LogP contribution is -2.37. The average Bonchev–Trinajstić information content (AvgIpc) is 1.88. The lowest BCUT2D eigenvalue weighted by atomic mass is 9.95. The number of nitrogens with zero attached hydrogens (tertiary/aromatic N) is 1. The highest BCUT2D eigenvalue weighted by molar-refractivity contribution is 5.78. The van der Waals surface area contributed by atoms with E-state index in [1.165, 1.54) is 0 Å². The van der Waals surface area contributed by atoms with Crippen molar-refractivity contribution in [3.05, 3.63) is 0 Å². The van der Waals surface area contributed by atoms with Crippen molar-refractivity contribution in [3.8, 4) is 0 Å². The number of carbonyl (C=O) groups excluding carboxylic acids is 1. The van der Waals surface area contributed by atoms with Crippen LogP contribution in [0.25, 0.3) is 0 Å². The zero-order chi connectivity index (χ0) is 9.02. The highest BCUT2D eigenvalue weighted by atomic mass is 16.2. The van der Waals surface area contributed by atoms with Gasteiger partial charge in [0.25, 0.3) is 0 Å². The molecule has 66 valence electrons. The molecule has 0 aliphatic rings. The van der Waals surface area contributed by atoms with Crippen LogP contribution in [0.2, 0.25) is 0 Å². The molecule has 0 fully saturated rings. The highest BCUT2D eigenvalue weighted by Gasteiger charge is 2.21. The van der Waals surface area contributed by atoms with E-state index in [1.54, 1.807) is 19.0 Å². The fourth-order valence-corrected chi connectivity index (χ4v) is 0.990. The Kier molecular flexibility index (Phi) is 4.11. The van der Waals surface area contributed by atoms with Crippen molar-refractivity contribution >= 4 is 5.91 Å². The van der Waals surface area contributed by atoms with Gasteiger partial charge in [-0.2, -0.15) is 0 Å². The van der Waals surface area contributed by atoms with Gasteiger partial charge >= 0.3 is 0 Å². The molecule has 0 aromatic heterocycles. The molecule has 1 unspecified atom stereocenters. The molecule has 1 amide bonds. The molecule has 0 radical (unpaired) electrons. The number of rotatable bonds is 3. The van der Waals surface area contributed by atoms with Crippen molar-refractivity contribution in [2.75, 3.05) is 20.6 Å². The van der Waals surface area contributed by atoms with Crippen LogP contribution in [0.5, 0.6) is 0 Å². The van der Waals surface area contributed by atoms with Crippen molar-refractivity contribution in [1.82, 2.24) is 4.90 Å². The van der Waals surface area contributed by atoms with Crippen molar-refractivity contribution in [2.24, 2.45) is 17.6 Å². The number of carbonyl (C=O) groups is 1. The van der Waals surface area contributed by atoms with Gasteiger partial charge in [-0.25, -0.2) is 0 Å². The van der Waals surface area contributed by atoms with E-state index in [-0.39, 0.29) is 11.8 Å². The highest BCUT2D eigenvalue weighted by Crippen LogP contribution is 2.10. The Morgan fingerprint density at radius 2 is 1.91 bits per heavy atom. The maximum Gasteiger partial charge on any atom is 0.226 e. The fourth-order valence-electron chi connectivity index (χ4n) is 0.990. The van der Waals surface area contributed by atoms with Gasteiger partial charge in [0.15, 0.2) is 0 Å². The second-order valence-electron chi connectivity index (χ2n) is 3.32. The van der Waals surface area contributed by atoms with Crippen LogP contribution >= 0.6 is 0 Å². The summed E-state index contributed by atoms with van der Waals surface area (Å²) in [5.74, 6) is 0.433. The van der Waals surface area contributed by atoms with Gasteiger partial charge in [-0.15, -0.1) is 0 Å². The molecule has 3 nitrogen and oxygen atoms in total. The van der Waals surface area contributed by atoms with Crippen LogP contribution in [0.15, 0.2) is 0 Å². The Morgan fingerprint density at radius 1 is 1.45 bits per heavy atom. The van der Waals surface area contributed by atoms with Gasteiger partial charge in [0, 0.05) is 20.6 Å². The van der Waals surface area contributed by atoms with Gasteiger partial charge in [0.05, 0.1) is 5.92 Å². The molecule has 0 saturated carbocycles. The maximum absolute atomic E-state index is 11.4. The van der Waals surface area contributed by atoms with Gasteiger partial charge < -0.3 is 10.6 Å². The lowest BCUT2D eigenvalue weighted by molar-refractivity contribution is -0.133. The maximum atomic E-state index is 11.4. The average molecular weight is 158 g/mol. The quantitative estimate of drug-likeness (QED) is 0.642. The predicted octanol–water partition coefficient (Wildman–Crippen LogP) is 0.305. The molecule has 0 aromatic rings. The van der Waals surface area contributed by atoms with Crippen molar-refractivity contribution in [3.63, 3.8) is 0 Å². The van der Waals surface area contributed by atoms with Gasteiger partial charge in [0.1, 0.15) is 0 Å². The van der Waals surface area contributed by atoms with Gasteiger partial charge in [-0.1, -0.05) is 13.8 Å². The molecular weight excluding hydrogens is 140 g/mol. The molecule has 0 aromatic carbocycles. The summed E-state index contributed by atoms with van der Waals surface area (Å²) in [4.78, 5) is 13.0. The minimum absolute atomic E-state index is 0.0231. The molecule has 11 heavy (non-hydrogen) atoms. The summed E-state index contributed by atoms with van der Waals surface area (Å²) >= 11 is 0. The van der Waals surface area contributed by atoms with Gasteiger partial charge in [-0.3, -0.25) is 4.79 Å². The molecule has 0 saturated heterocycles. The second kappa shape index (κ2) is 4.34. The van der Waals surface area contributed by atoms with E-state index in [9.17, 15) is 4.79 Å². The molecule has 3 heteroatoms. The van der Waals surface area contributed by atoms with E-state index in [4.69, 9.17) is 5.73 Å². The third-order valence-corrected chi connectivity index (χ3v) is 1.82. The molecule has 0 spiro atoms. The summed E-state index contributed by atoms with van der Waals surface area (Å²) in [5.41, 5.74) is 5.46. The minimum atomic E-state index is -0.0231. The lowest BCUT2D eigenvalue weighted by Gasteiger charge is -2.21. The first-order valence-corrected chi connectivity index (χ1v) is 3.92. The molecular formula is C8H18N2O. The van der Waals surface area contributed by atoms with Crippen LogP contribution in [0.1, 0.15) is 13.8 Å². The molecule has 0 aliphatic carbocycles.